The van der Waals surface area contributed by atoms with Crippen LogP contribution in [0.15, 0.2) is 97.1 Å². The van der Waals surface area contributed by atoms with Crippen LogP contribution in [0.5, 0.6) is 0 Å². The minimum Gasteiger partial charge on any atom is -0.453 e. The van der Waals surface area contributed by atoms with Gasteiger partial charge in [0.05, 0.1) is 0 Å². The van der Waals surface area contributed by atoms with Crippen LogP contribution in [0.2, 0.25) is 0 Å². The first kappa shape index (κ1) is 16.7. The first-order chi connectivity index (χ1) is 12.2. The van der Waals surface area contributed by atoms with Gasteiger partial charge in [-0.15, -0.1) is 0 Å². The largest absolute Gasteiger partial charge is 0.453 e. The molecule has 2 heteroatoms. The Morgan fingerprint density at radius 3 is 1.64 bits per heavy atom. The van der Waals surface area contributed by atoms with E-state index in [1.165, 1.54) is 6.92 Å². The molecule has 0 aliphatic heterocycles. The molecule has 0 N–H and O–H groups in total. The lowest BCUT2D eigenvalue weighted by Crippen LogP contribution is -2.07. The molecule has 0 spiro atoms. The smallest absolute Gasteiger partial charge is 0.303 e. The van der Waals surface area contributed by atoms with Crippen molar-refractivity contribution >= 4 is 11.5 Å². The van der Waals surface area contributed by atoms with Gasteiger partial charge in [-0.2, -0.15) is 0 Å². The SMILES string of the molecule is CC(=O)OC(C=C(c1ccccc1)c1ccccc1)c1ccccc1. The summed E-state index contributed by atoms with van der Waals surface area (Å²) in [6.07, 6.45) is 1.58. The second-order valence-corrected chi connectivity index (χ2v) is 5.75. The fourth-order valence-electron chi connectivity index (χ4n) is 2.77. The Balaban J connectivity index is 2.10. The Morgan fingerprint density at radius 2 is 1.20 bits per heavy atom. The highest BCUT2D eigenvalue weighted by molar-refractivity contribution is 5.80. The van der Waals surface area contributed by atoms with E-state index in [4.69, 9.17) is 4.74 Å². The lowest BCUT2D eigenvalue weighted by Gasteiger charge is -2.17. The quantitative estimate of drug-likeness (QED) is 0.584. The van der Waals surface area contributed by atoms with Crippen LogP contribution in [0.4, 0.5) is 0 Å². The van der Waals surface area contributed by atoms with E-state index < -0.39 is 6.10 Å². The maximum absolute atomic E-state index is 11.6. The second-order valence-electron chi connectivity index (χ2n) is 5.75. The minimum absolute atomic E-state index is 0.300. The number of ether oxygens (including phenoxy) is 1. The zero-order chi connectivity index (χ0) is 17.5. The van der Waals surface area contributed by atoms with Gasteiger partial charge in [-0.1, -0.05) is 91.0 Å². The van der Waals surface area contributed by atoms with Gasteiger partial charge in [0.2, 0.25) is 0 Å². The highest BCUT2D eigenvalue weighted by atomic mass is 16.5. The van der Waals surface area contributed by atoms with Crippen LogP contribution in [0.3, 0.4) is 0 Å². The van der Waals surface area contributed by atoms with Crippen LogP contribution in [0.25, 0.3) is 5.57 Å². The Kier molecular flexibility index (Phi) is 5.43. The van der Waals surface area contributed by atoms with Crippen molar-refractivity contribution in [1.29, 1.82) is 0 Å². The van der Waals surface area contributed by atoms with Crippen molar-refractivity contribution in [2.75, 3.05) is 0 Å². The molecule has 0 saturated heterocycles. The standard InChI is InChI=1S/C23H20O2/c1-18(24)25-23(21-15-9-4-10-16-21)17-22(19-11-5-2-6-12-19)20-13-7-3-8-14-20/h2-17,23H,1H3. The lowest BCUT2D eigenvalue weighted by molar-refractivity contribution is -0.144. The van der Waals surface area contributed by atoms with E-state index in [1.807, 2.05) is 72.8 Å². The molecule has 0 aliphatic rings. The first-order valence-corrected chi connectivity index (χ1v) is 8.29. The molecule has 0 heterocycles. The summed E-state index contributed by atoms with van der Waals surface area (Å²) in [4.78, 5) is 11.6. The molecule has 0 aromatic heterocycles. The molecule has 124 valence electrons. The summed E-state index contributed by atoms with van der Waals surface area (Å²) in [5.41, 5.74) is 4.15. The maximum atomic E-state index is 11.6. The normalized spacial score (nSPS) is 11.4. The molecule has 0 aliphatic carbocycles. The van der Waals surface area contributed by atoms with Gasteiger partial charge in [-0.05, 0) is 28.3 Å². The topological polar surface area (TPSA) is 26.3 Å². The fraction of sp³-hybridized carbons (Fsp3) is 0.0870. The number of carbonyl (C=O) groups excluding carboxylic acids is 1. The predicted octanol–water partition coefficient (Wildman–Crippen LogP) is 5.42. The third kappa shape index (κ3) is 4.45. The number of esters is 1. The van der Waals surface area contributed by atoms with Gasteiger partial charge in [0.25, 0.3) is 0 Å². The van der Waals surface area contributed by atoms with Crippen LogP contribution < -0.4 is 0 Å². The van der Waals surface area contributed by atoms with Gasteiger partial charge in [0.1, 0.15) is 6.10 Å². The first-order valence-electron chi connectivity index (χ1n) is 8.29. The van der Waals surface area contributed by atoms with E-state index in [2.05, 4.69) is 24.3 Å². The van der Waals surface area contributed by atoms with Crippen molar-refractivity contribution in [3.8, 4) is 0 Å². The molecule has 1 atom stereocenters. The van der Waals surface area contributed by atoms with Crippen molar-refractivity contribution in [3.05, 3.63) is 114 Å². The molecule has 3 rings (SSSR count). The average molecular weight is 328 g/mol. The predicted molar refractivity (Wildman–Crippen MR) is 101 cm³/mol. The van der Waals surface area contributed by atoms with Gasteiger partial charge in [-0.3, -0.25) is 4.79 Å². The van der Waals surface area contributed by atoms with E-state index in [9.17, 15) is 4.79 Å². The monoisotopic (exact) mass is 328 g/mol. The summed E-state index contributed by atoms with van der Waals surface area (Å²) < 4.78 is 5.59. The molecular formula is C23H20O2. The van der Waals surface area contributed by atoms with Crippen molar-refractivity contribution in [2.45, 2.75) is 13.0 Å². The third-order valence-corrected chi connectivity index (χ3v) is 3.91. The lowest BCUT2D eigenvalue weighted by atomic mass is 9.95. The average Bonchev–Trinajstić information content (AvgIpc) is 2.67. The van der Waals surface area contributed by atoms with Crippen molar-refractivity contribution < 1.29 is 9.53 Å². The van der Waals surface area contributed by atoms with E-state index in [1.54, 1.807) is 0 Å². The van der Waals surface area contributed by atoms with Crippen LogP contribution in [-0.2, 0) is 9.53 Å². The highest BCUT2D eigenvalue weighted by Gasteiger charge is 2.15. The fourth-order valence-corrected chi connectivity index (χ4v) is 2.77. The van der Waals surface area contributed by atoms with Gasteiger partial charge >= 0.3 is 5.97 Å². The summed E-state index contributed by atoms with van der Waals surface area (Å²) in [7, 11) is 0. The minimum atomic E-state index is -0.436. The third-order valence-electron chi connectivity index (χ3n) is 3.91. The Morgan fingerprint density at radius 1 is 0.760 bits per heavy atom. The van der Waals surface area contributed by atoms with Crippen LogP contribution in [0, 0.1) is 0 Å². The number of hydrogen-bond acceptors (Lipinski definition) is 2. The Labute approximate surface area is 148 Å². The van der Waals surface area contributed by atoms with E-state index in [-0.39, 0.29) is 5.97 Å². The molecular weight excluding hydrogens is 308 g/mol. The summed E-state index contributed by atoms with van der Waals surface area (Å²) in [5, 5.41) is 0. The van der Waals surface area contributed by atoms with Crippen LogP contribution in [-0.4, -0.2) is 5.97 Å². The van der Waals surface area contributed by atoms with Gasteiger partial charge in [-0.25, -0.2) is 0 Å². The van der Waals surface area contributed by atoms with Crippen molar-refractivity contribution in [1.82, 2.24) is 0 Å². The second kappa shape index (κ2) is 8.11. The van der Waals surface area contributed by atoms with Crippen molar-refractivity contribution in [2.24, 2.45) is 0 Å². The summed E-state index contributed by atoms with van der Waals surface area (Å²) in [6.45, 7) is 1.44. The molecule has 3 aromatic rings. The zero-order valence-electron chi connectivity index (χ0n) is 14.1. The van der Waals surface area contributed by atoms with Gasteiger partial charge in [0.15, 0.2) is 0 Å². The van der Waals surface area contributed by atoms with Gasteiger partial charge < -0.3 is 4.74 Å². The van der Waals surface area contributed by atoms with Crippen LogP contribution >= 0.6 is 0 Å². The summed E-state index contributed by atoms with van der Waals surface area (Å²) >= 11 is 0. The molecule has 0 radical (unpaired) electrons. The van der Waals surface area contributed by atoms with Crippen LogP contribution in [0.1, 0.15) is 29.7 Å². The number of hydrogen-bond donors (Lipinski definition) is 0. The molecule has 25 heavy (non-hydrogen) atoms. The molecule has 1 unspecified atom stereocenters. The Hall–Kier alpha value is -3.13. The zero-order valence-corrected chi connectivity index (χ0v) is 14.1. The number of rotatable bonds is 5. The maximum Gasteiger partial charge on any atom is 0.303 e. The van der Waals surface area contributed by atoms with Crippen molar-refractivity contribution in [3.63, 3.8) is 0 Å². The number of benzene rings is 3. The van der Waals surface area contributed by atoms with E-state index in [0.717, 1.165) is 22.3 Å². The number of carbonyl (C=O) groups is 1. The molecule has 0 bridgehead atoms. The highest BCUT2D eigenvalue weighted by Crippen LogP contribution is 2.29. The Bertz CT molecular complexity index is 796. The van der Waals surface area contributed by atoms with E-state index >= 15 is 0 Å². The molecule has 0 amide bonds. The van der Waals surface area contributed by atoms with E-state index in [0.29, 0.717) is 0 Å². The summed E-state index contributed by atoms with van der Waals surface area (Å²) in [6, 6.07) is 30.1. The molecule has 3 aromatic carbocycles. The molecule has 2 nitrogen and oxygen atoms in total. The molecule has 0 saturated carbocycles. The van der Waals surface area contributed by atoms with Gasteiger partial charge in [0, 0.05) is 6.92 Å². The molecule has 0 fully saturated rings. The summed E-state index contributed by atoms with van der Waals surface area (Å²) in [5.74, 6) is -0.300.